The first-order chi connectivity index (χ1) is 17.6. The molecule has 1 aromatic heterocycles. The summed E-state index contributed by atoms with van der Waals surface area (Å²) in [5.74, 6) is -0.460. The van der Waals surface area contributed by atoms with Crippen molar-refractivity contribution in [2.45, 2.75) is 50.1 Å². The number of carbonyl (C=O) groups is 2. The number of aromatic amines is 1. The van der Waals surface area contributed by atoms with Gasteiger partial charge in [0, 0.05) is 48.6 Å². The molecule has 0 saturated carbocycles. The molecule has 3 atom stereocenters. The van der Waals surface area contributed by atoms with Gasteiger partial charge in [0.2, 0.25) is 11.8 Å². The molecule has 3 aromatic rings. The predicted molar refractivity (Wildman–Crippen MR) is 151 cm³/mol. The Balaban J connectivity index is 1.36. The molecule has 1 spiro atoms. The van der Waals surface area contributed by atoms with E-state index in [1.54, 1.807) is 13.8 Å². The minimum Gasteiger partial charge on any atom is -0.361 e. The van der Waals surface area contributed by atoms with E-state index in [0.717, 1.165) is 35.0 Å². The van der Waals surface area contributed by atoms with Crippen molar-refractivity contribution in [1.82, 2.24) is 15.2 Å². The molecule has 2 amide bonds. The van der Waals surface area contributed by atoms with Crippen molar-refractivity contribution < 1.29 is 13.8 Å². The highest BCUT2D eigenvalue weighted by Crippen LogP contribution is 2.48. The van der Waals surface area contributed by atoms with Crippen LogP contribution in [0.4, 0.5) is 5.69 Å². The highest BCUT2D eigenvalue weighted by molar-refractivity contribution is 8.34. The summed E-state index contributed by atoms with van der Waals surface area (Å²) < 4.78 is 14.3. The van der Waals surface area contributed by atoms with Crippen molar-refractivity contribution in [3.63, 3.8) is 0 Å². The van der Waals surface area contributed by atoms with Gasteiger partial charge in [0.1, 0.15) is 16.6 Å². The maximum absolute atomic E-state index is 13.8. The number of hydrogen-bond acceptors (Lipinski definition) is 4. The SMILES string of the molecule is CC(C)(N)C(=O)NC(Cc1c[nH]c2ccccc12)C(=O)N1CCC2(CC1)CN(S(=O)P)c1ccccc12. The molecule has 5 rings (SSSR count). The highest BCUT2D eigenvalue weighted by Gasteiger charge is 2.46. The van der Waals surface area contributed by atoms with Crippen molar-refractivity contribution in [1.29, 1.82) is 0 Å². The number of nitrogens with zero attached hydrogens (tertiary/aromatic N) is 2. The highest BCUT2D eigenvalue weighted by atomic mass is 32.7. The van der Waals surface area contributed by atoms with E-state index < -0.39 is 22.2 Å². The van der Waals surface area contributed by atoms with Crippen LogP contribution in [0.15, 0.2) is 54.7 Å². The summed E-state index contributed by atoms with van der Waals surface area (Å²) in [5, 5.41) is 3.97. The monoisotopic (exact) mass is 539 g/mol. The molecule has 0 radical (unpaired) electrons. The quantitative estimate of drug-likeness (QED) is 0.418. The van der Waals surface area contributed by atoms with Crippen LogP contribution >= 0.6 is 8.44 Å². The molecule has 0 bridgehead atoms. The van der Waals surface area contributed by atoms with Crippen molar-refractivity contribution in [3.8, 4) is 0 Å². The number of para-hydroxylation sites is 2. The third-order valence-corrected chi connectivity index (χ3v) is 9.25. The Kier molecular flexibility index (Phi) is 6.90. The van der Waals surface area contributed by atoms with Crippen molar-refractivity contribution in [2.24, 2.45) is 5.73 Å². The van der Waals surface area contributed by atoms with Crippen LogP contribution in [-0.2, 0) is 32.0 Å². The van der Waals surface area contributed by atoms with Gasteiger partial charge in [-0.1, -0.05) is 36.4 Å². The Morgan fingerprint density at radius 1 is 1.16 bits per heavy atom. The minimum absolute atomic E-state index is 0.101. The van der Waals surface area contributed by atoms with Crippen LogP contribution in [0.5, 0.6) is 0 Å². The number of nitrogens with two attached hydrogens (primary N) is 1. The predicted octanol–water partition coefficient (Wildman–Crippen LogP) is 2.77. The van der Waals surface area contributed by atoms with Gasteiger partial charge < -0.3 is 20.9 Å². The molecule has 2 aliphatic rings. The number of nitrogens with one attached hydrogen (secondary N) is 2. The molecule has 0 aliphatic carbocycles. The number of likely N-dealkylation sites (tertiary alicyclic amines) is 1. The first kappa shape index (κ1) is 25.9. The van der Waals surface area contributed by atoms with Gasteiger partial charge in [-0.3, -0.25) is 13.9 Å². The van der Waals surface area contributed by atoms with Crippen molar-refractivity contribution in [3.05, 3.63) is 65.9 Å². The van der Waals surface area contributed by atoms with Crippen LogP contribution in [-0.4, -0.2) is 57.1 Å². The molecule has 3 heterocycles. The van der Waals surface area contributed by atoms with Crippen LogP contribution in [0, 0.1) is 0 Å². The van der Waals surface area contributed by atoms with Gasteiger partial charge in [-0.15, -0.1) is 0 Å². The zero-order chi connectivity index (χ0) is 26.4. The molecule has 196 valence electrons. The van der Waals surface area contributed by atoms with Crippen LogP contribution < -0.4 is 15.4 Å². The third-order valence-electron chi connectivity index (χ3n) is 7.73. The topological polar surface area (TPSA) is 112 Å². The van der Waals surface area contributed by atoms with E-state index in [9.17, 15) is 13.8 Å². The summed E-state index contributed by atoms with van der Waals surface area (Å²) in [6, 6.07) is 15.3. The fourth-order valence-corrected chi connectivity index (χ4v) is 6.90. The summed E-state index contributed by atoms with van der Waals surface area (Å²) in [5.41, 5.74) is 8.98. The Morgan fingerprint density at radius 2 is 1.84 bits per heavy atom. The van der Waals surface area contributed by atoms with Gasteiger partial charge in [0.25, 0.3) is 0 Å². The van der Waals surface area contributed by atoms with Crippen LogP contribution in [0.25, 0.3) is 10.9 Å². The Bertz CT molecular complexity index is 1360. The summed E-state index contributed by atoms with van der Waals surface area (Å²) in [4.78, 5) is 31.8. The van der Waals surface area contributed by atoms with Gasteiger partial charge >= 0.3 is 0 Å². The first-order valence-electron chi connectivity index (χ1n) is 12.6. The maximum Gasteiger partial charge on any atom is 0.245 e. The Morgan fingerprint density at radius 3 is 2.54 bits per heavy atom. The summed E-state index contributed by atoms with van der Waals surface area (Å²) >= 11 is 0. The number of rotatable bonds is 6. The van der Waals surface area contributed by atoms with E-state index in [2.05, 4.69) is 24.8 Å². The molecule has 1 saturated heterocycles. The number of amides is 2. The van der Waals surface area contributed by atoms with Crippen molar-refractivity contribution in [2.75, 3.05) is 23.9 Å². The number of aromatic nitrogens is 1. The number of H-pyrrole nitrogens is 1. The maximum atomic E-state index is 13.8. The summed E-state index contributed by atoms with van der Waals surface area (Å²) in [7, 11) is 1.20. The third kappa shape index (κ3) is 4.92. The van der Waals surface area contributed by atoms with E-state index in [1.807, 2.05) is 57.9 Å². The van der Waals surface area contributed by atoms with Gasteiger partial charge in [-0.05, 0) is 58.4 Å². The fraction of sp³-hybridized carbons (Fsp3) is 0.407. The zero-order valence-corrected chi connectivity index (χ0v) is 23.2. The lowest BCUT2D eigenvalue weighted by molar-refractivity contribution is -0.138. The molecule has 2 aliphatic heterocycles. The van der Waals surface area contributed by atoms with E-state index in [-0.39, 0.29) is 17.2 Å². The number of piperidine rings is 1. The smallest absolute Gasteiger partial charge is 0.245 e. The lowest BCUT2D eigenvalue weighted by Crippen LogP contribution is -2.58. The van der Waals surface area contributed by atoms with E-state index in [1.165, 1.54) is 5.56 Å². The van der Waals surface area contributed by atoms with Gasteiger partial charge in [0.15, 0.2) is 0 Å². The number of fused-ring (bicyclic) bond motifs is 3. The second-order valence-corrected chi connectivity index (χ2v) is 12.9. The zero-order valence-electron chi connectivity index (χ0n) is 21.2. The molecule has 2 aromatic carbocycles. The van der Waals surface area contributed by atoms with E-state index >= 15 is 0 Å². The second kappa shape index (κ2) is 9.86. The standard InChI is InChI=1S/C27H34N5O3PS/c1-26(2,28)25(34)30-22(15-18-16-29-21-9-5-3-7-19(18)21)24(33)31-13-11-27(12-14-31)17-32(37(35)36)23-10-6-4-8-20(23)27/h3-10,16,22,29H,11-15,17,28,36H2,1-2H3,(H,30,34). The Hall–Kier alpha value is -2.74. The lowest BCUT2D eigenvalue weighted by atomic mass is 9.74. The fourth-order valence-electron chi connectivity index (χ4n) is 5.61. The largest absolute Gasteiger partial charge is 0.361 e. The average molecular weight is 540 g/mol. The molecule has 37 heavy (non-hydrogen) atoms. The van der Waals surface area contributed by atoms with Gasteiger partial charge in [0.05, 0.1) is 11.2 Å². The minimum atomic E-state index is -1.19. The summed E-state index contributed by atoms with van der Waals surface area (Å²) in [6.07, 6.45) is 3.81. The second-order valence-electron chi connectivity index (χ2n) is 10.7. The average Bonchev–Trinajstić information content (AvgIpc) is 3.43. The molecular weight excluding hydrogens is 505 g/mol. The van der Waals surface area contributed by atoms with Crippen LogP contribution in [0.2, 0.25) is 0 Å². The number of hydrogen-bond donors (Lipinski definition) is 3. The molecule has 3 unspecified atom stereocenters. The van der Waals surface area contributed by atoms with Crippen LogP contribution in [0.3, 0.4) is 0 Å². The van der Waals surface area contributed by atoms with Gasteiger partial charge in [-0.25, -0.2) is 4.21 Å². The molecule has 4 N–H and O–H groups in total. The van der Waals surface area contributed by atoms with Gasteiger partial charge in [-0.2, -0.15) is 0 Å². The van der Waals surface area contributed by atoms with Crippen molar-refractivity contribution >= 4 is 47.5 Å². The summed E-state index contributed by atoms with van der Waals surface area (Å²) in [6.45, 7) is 5.08. The number of benzene rings is 2. The number of anilines is 1. The van der Waals surface area contributed by atoms with E-state index in [0.29, 0.717) is 26.1 Å². The molecule has 1 fully saturated rings. The Labute approximate surface area is 221 Å². The molecular formula is C27H34N5O3PS. The number of carbonyl (C=O) groups excluding carboxylic acids is 2. The first-order valence-corrected chi connectivity index (χ1v) is 15.1. The molecule has 8 nitrogen and oxygen atoms in total. The normalized spacial score (nSPS) is 18.6. The lowest BCUT2D eigenvalue weighted by Gasteiger charge is -2.41. The molecule has 10 heteroatoms. The van der Waals surface area contributed by atoms with Crippen LogP contribution in [0.1, 0.15) is 37.8 Å². The van der Waals surface area contributed by atoms with E-state index in [4.69, 9.17) is 5.73 Å².